The number of nitrogens with two attached hydrogens (primary N) is 1. The van der Waals surface area contributed by atoms with Gasteiger partial charge in [-0.25, -0.2) is 5.01 Å². The van der Waals surface area contributed by atoms with E-state index in [4.69, 9.17) is 16.2 Å². The highest BCUT2D eigenvalue weighted by molar-refractivity contribution is 5.99. The first kappa shape index (κ1) is 21.4. The summed E-state index contributed by atoms with van der Waals surface area (Å²) < 4.78 is 0. The third kappa shape index (κ3) is 5.57. The fourth-order valence-electron chi connectivity index (χ4n) is 3.17. The molecule has 0 saturated carbocycles. The van der Waals surface area contributed by atoms with Crippen molar-refractivity contribution in [3.8, 4) is 0 Å². The summed E-state index contributed by atoms with van der Waals surface area (Å²) in [4.78, 5) is 13.2. The van der Waals surface area contributed by atoms with Crippen LogP contribution in [-0.2, 0) is 6.54 Å². The van der Waals surface area contributed by atoms with E-state index in [1.54, 1.807) is 12.1 Å². The summed E-state index contributed by atoms with van der Waals surface area (Å²) in [6.45, 7) is 2.27. The number of benzene rings is 2. The molecule has 0 atom stereocenters. The van der Waals surface area contributed by atoms with Crippen LogP contribution in [0.5, 0.6) is 0 Å². The molecule has 2 aromatic carbocycles. The zero-order chi connectivity index (χ0) is 19.1. The third-order valence-electron chi connectivity index (χ3n) is 4.63. The first-order valence-electron chi connectivity index (χ1n) is 9.22. The Morgan fingerprint density at radius 1 is 1.07 bits per heavy atom. The van der Waals surface area contributed by atoms with Crippen molar-refractivity contribution >= 4 is 30.5 Å². The molecule has 1 fully saturated rings. The van der Waals surface area contributed by atoms with Crippen molar-refractivity contribution in [2.45, 2.75) is 25.8 Å². The minimum Gasteiger partial charge on any atom is -0.369 e. The monoisotopic (exact) mass is 399 g/mol. The van der Waals surface area contributed by atoms with Gasteiger partial charge in [0.25, 0.3) is 0 Å². The first-order chi connectivity index (χ1) is 13.2. The van der Waals surface area contributed by atoms with Crippen molar-refractivity contribution in [1.82, 2.24) is 9.91 Å². The number of hydrogen-bond donors (Lipinski definition) is 2. The van der Waals surface area contributed by atoms with Crippen molar-refractivity contribution in [3.63, 3.8) is 0 Å². The Kier molecular flexibility index (Phi) is 8.02. The van der Waals surface area contributed by atoms with E-state index >= 15 is 0 Å². The van der Waals surface area contributed by atoms with Crippen molar-refractivity contribution in [2.75, 3.05) is 13.1 Å². The van der Waals surface area contributed by atoms with E-state index in [0.29, 0.717) is 12.1 Å². The average molecular weight is 400 g/mol. The molecule has 3 rings (SSSR count). The van der Waals surface area contributed by atoms with Gasteiger partial charge in [-0.15, -0.1) is 12.4 Å². The summed E-state index contributed by atoms with van der Waals surface area (Å²) in [5.41, 5.74) is 8.40. The second-order valence-electron chi connectivity index (χ2n) is 6.64. The van der Waals surface area contributed by atoms with Crippen molar-refractivity contribution < 1.29 is 4.79 Å². The van der Waals surface area contributed by atoms with Crippen LogP contribution >= 0.6 is 12.4 Å². The Morgan fingerprint density at radius 2 is 1.71 bits per heavy atom. The molecule has 0 aliphatic carbocycles. The Balaban J connectivity index is 0.00000280. The number of likely N-dealkylation sites (tertiary alicyclic amines) is 1. The van der Waals surface area contributed by atoms with Crippen LogP contribution in [0, 0.1) is 5.41 Å². The van der Waals surface area contributed by atoms with Crippen molar-refractivity contribution in [2.24, 2.45) is 10.8 Å². The van der Waals surface area contributed by atoms with Gasteiger partial charge in [0, 0.05) is 24.2 Å². The van der Waals surface area contributed by atoms with Gasteiger partial charge in [-0.2, -0.15) is 5.10 Å². The SMILES string of the molecule is Cl.N=C(N)N(Cc1ccccc1)N=C(c1ccc(C=O)cc1)N1CCCCC1. The summed E-state index contributed by atoms with van der Waals surface area (Å²) in [6.07, 6.45) is 4.28. The number of hydrazone groups is 1. The molecule has 0 bridgehead atoms. The van der Waals surface area contributed by atoms with Crippen molar-refractivity contribution in [3.05, 3.63) is 71.3 Å². The summed E-state index contributed by atoms with van der Waals surface area (Å²) in [7, 11) is 0. The van der Waals surface area contributed by atoms with Gasteiger partial charge in [-0.3, -0.25) is 10.2 Å². The Morgan fingerprint density at radius 3 is 2.29 bits per heavy atom. The number of nitrogens with one attached hydrogen (secondary N) is 1. The highest BCUT2D eigenvalue weighted by Gasteiger charge is 2.19. The number of hydrogen-bond acceptors (Lipinski definition) is 3. The van der Waals surface area contributed by atoms with Gasteiger partial charge < -0.3 is 10.6 Å². The fourth-order valence-corrected chi connectivity index (χ4v) is 3.17. The molecular formula is C21H26ClN5O. The molecule has 7 heteroatoms. The molecule has 0 spiro atoms. The molecule has 3 N–H and O–H groups in total. The summed E-state index contributed by atoms with van der Waals surface area (Å²) in [5, 5.41) is 14.2. The second-order valence-corrected chi connectivity index (χ2v) is 6.64. The maximum Gasteiger partial charge on any atom is 0.209 e. The highest BCUT2D eigenvalue weighted by Crippen LogP contribution is 2.16. The average Bonchev–Trinajstić information content (AvgIpc) is 2.72. The molecular weight excluding hydrogens is 374 g/mol. The van der Waals surface area contributed by atoms with E-state index in [2.05, 4.69) is 4.90 Å². The Hall–Kier alpha value is -2.86. The molecule has 0 aromatic heterocycles. The van der Waals surface area contributed by atoms with Crippen LogP contribution in [0.4, 0.5) is 0 Å². The van der Waals surface area contributed by atoms with E-state index in [1.807, 2.05) is 42.5 Å². The van der Waals surface area contributed by atoms with Gasteiger partial charge in [0.05, 0.1) is 6.54 Å². The summed E-state index contributed by atoms with van der Waals surface area (Å²) in [6, 6.07) is 17.2. The number of halogens is 1. The highest BCUT2D eigenvalue weighted by atomic mass is 35.5. The van der Waals surface area contributed by atoms with Crippen LogP contribution in [0.3, 0.4) is 0 Å². The van der Waals surface area contributed by atoms with Crippen LogP contribution in [0.1, 0.15) is 40.7 Å². The van der Waals surface area contributed by atoms with Gasteiger partial charge in [0.15, 0.2) is 5.84 Å². The molecule has 1 aliphatic rings. The van der Waals surface area contributed by atoms with E-state index in [1.165, 1.54) is 11.4 Å². The summed E-state index contributed by atoms with van der Waals surface area (Å²) in [5.74, 6) is 0.691. The van der Waals surface area contributed by atoms with Gasteiger partial charge in [0.2, 0.25) is 5.96 Å². The predicted octanol–water partition coefficient (Wildman–Crippen LogP) is 3.46. The van der Waals surface area contributed by atoms with Gasteiger partial charge in [-0.1, -0.05) is 54.6 Å². The molecule has 0 unspecified atom stereocenters. The number of piperidine rings is 1. The largest absolute Gasteiger partial charge is 0.369 e. The second kappa shape index (κ2) is 10.5. The van der Waals surface area contributed by atoms with E-state index < -0.39 is 0 Å². The lowest BCUT2D eigenvalue weighted by atomic mass is 10.1. The standard InChI is InChI=1S/C21H25N5O.ClH/c22-21(23)26(15-17-7-3-1-4-8-17)24-20(25-13-5-2-6-14-25)19-11-9-18(16-27)10-12-19;/h1,3-4,7-12,16H,2,5-6,13-15H2,(H3,22,23);1H. The minimum atomic E-state index is -0.0992. The zero-order valence-electron chi connectivity index (χ0n) is 15.8. The molecule has 0 radical (unpaired) electrons. The predicted molar refractivity (Wildman–Crippen MR) is 115 cm³/mol. The van der Waals surface area contributed by atoms with E-state index in [0.717, 1.165) is 49.2 Å². The first-order valence-corrected chi connectivity index (χ1v) is 9.22. The molecule has 2 aromatic rings. The topological polar surface area (TPSA) is 85.8 Å². The molecule has 28 heavy (non-hydrogen) atoms. The van der Waals surface area contributed by atoms with Crippen LogP contribution < -0.4 is 5.73 Å². The fraction of sp³-hybridized carbons (Fsp3) is 0.286. The lowest BCUT2D eigenvalue weighted by Gasteiger charge is -2.31. The van der Waals surface area contributed by atoms with Gasteiger partial charge in [0.1, 0.15) is 6.29 Å². The maximum atomic E-state index is 11.0. The third-order valence-corrected chi connectivity index (χ3v) is 4.63. The quantitative estimate of drug-likeness (QED) is 0.349. The van der Waals surface area contributed by atoms with Gasteiger partial charge >= 0.3 is 0 Å². The van der Waals surface area contributed by atoms with Crippen LogP contribution in [0.25, 0.3) is 0 Å². The summed E-state index contributed by atoms with van der Waals surface area (Å²) >= 11 is 0. The number of aldehydes is 1. The van der Waals surface area contributed by atoms with E-state index in [9.17, 15) is 4.79 Å². The van der Waals surface area contributed by atoms with Crippen LogP contribution in [0.2, 0.25) is 0 Å². The Bertz CT molecular complexity index is 801. The maximum absolute atomic E-state index is 11.0. The molecule has 0 amide bonds. The number of amidine groups is 1. The van der Waals surface area contributed by atoms with Crippen molar-refractivity contribution in [1.29, 1.82) is 5.41 Å². The number of rotatable bonds is 5. The minimum absolute atomic E-state index is 0. The van der Waals surface area contributed by atoms with Crippen LogP contribution in [-0.4, -0.2) is 41.1 Å². The number of nitrogens with zero attached hydrogens (tertiary/aromatic N) is 3. The smallest absolute Gasteiger partial charge is 0.209 e. The molecule has 1 aliphatic heterocycles. The van der Waals surface area contributed by atoms with Crippen LogP contribution in [0.15, 0.2) is 59.7 Å². The Labute approximate surface area is 171 Å². The normalized spacial score (nSPS) is 14.1. The lowest BCUT2D eigenvalue weighted by Crippen LogP contribution is -2.40. The van der Waals surface area contributed by atoms with E-state index in [-0.39, 0.29) is 18.4 Å². The zero-order valence-corrected chi connectivity index (χ0v) is 16.6. The lowest BCUT2D eigenvalue weighted by molar-refractivity contribution is 0.112. The van der Waals surface area contributed by atoms with Gasteiger partial charge in [-0.05, 0) is 24.8 Å². The number of carbonyl (C=O) groups excluding carboxylic acids is 1. The molecule has 148 valence electrons. The molecule has 1 saturated heterocycles. The molecule has 6 nitrogen and oxygen atoms in total. The number of guanidine groups is 1. The number of carbonyl (C=O) groups is 1. The molecule has 1 heterocycles.